The van der Waals surface area contributed by atoms with E-state index in [1.54, 1.807) is 18.5 Å². The number of hydrogen-bond acceptors (Lipinski definition) is 4. The highest BCUT2D eigenvalue weighted by atomic mass is 16.5. The quantitative estimate of drug-likeness (QED) is 0.880. The largest absolute Gasteiger partial charge is 0.489 e. The SMILES string of the molecule is O=C(N[C@H]1CCN(C2CC2)C1)c1cccc(OCc2cccnc2)c1. The van der Waals surface area contributed by atoms with Gasteiger partial charge in [0.05, 0.1) is 0 Å². The zero-order valence-corrected chi connectivity index (χ0v) is 14.2. The molecule has 1 aromatic carbocycles. The first-order valence-electron chi connectivity index (χ1n) is 8.94. The van der Waals surface area contributed by atoms with Crippen LogP contribution in [-0.2, 0) is 6.61 Å². The second-order valence-electron chi connectivity index (χ2n) is 6.86. The number of ether oxygens (including phenoxy) is 1. The molecule has 1 aliphatic carbocycles. The molecule has 1 saturated carbocycles. The molecule has 25 heavy (non-hydrogen) atoms. The number of pyridine rings is 1. The van der Waals surface area contributed by atoms with Gasteiger partial charge in [0.2, 0.25) is 0 Å². The molecule has 0 unspecified atom stereocenters. The third-order valence-corrected chi connectivity index (χ3v) is 4.84. The van der Waals surface area contributed by atoms with E-state index in [-0.39, 0.29) is 11.9 Å². The molecule has 1 saturated heterocycles. The zero-order valence-electron chi connectivity index (χ0n) is 14.2. The third-order valence-electron chi connectivity index (χ3n) is 4.84. The van der Waals surface area contributed by atoms with E-state index in [1.807, 2.05) is 30.3 Å². The number of likely N-dealkylation sites (tertiary alicyclic amines) is 1. The maximum Gasteiger partial charge on any atom is 0.251 e. The topological polar surface area (TPSA) is 54.5 Å². The highest BCUT2D eigenvalue weighted by Gasteiger charge is 2.34. The van der Waals surface area contributed by atoms with Crippen LogP contribution < -0.4 is 10.1 Å². The summed E-state index contributed by atoms with van der Waals surface area (Å²) in [6, 6.07) is 12.2. The minimum absolute atomic E-state index is 0.0190. The van der Waals surface area contributed by atoms with E-state index in [0.717, 1.165) is 31.1 Å². The van der Waals surface area contributed by atoms with E-state index < -0.39 is 0 Å². The summed E-state index contributed by atoms with van der Waals surface area (Å²) in [5.41, 5.74) is 1.65. The number of benzene rings is 1. The number of carbonyl (C=O) groups is 1. The summed E-state index contributed by atoms with van der Waals surface area (Å²) in [6.45, 7) is 2.52. The van der Waals surface area contributed by atoms with Crippen molar-refractivity contribution in [2.45, 2.75) is 38.0 Å². The Hall–Kier alpha value is -2.40. The molecule has 0 spiro atoms. The van der Waals surface area contributed by atoms with Crippen molar-refractivity contribution in [2.75, 3.05) is 13.1 Å². The number of nitrogens with one attached hydrogen (secondary N) is 1. The number of amides is 1. The summed E-state index contributed by atoms with van der Waals surface area (Å²) in [5.74, 6) is 0.678. The van der Waals surface area contributed by atoms with Crippen LogP contribution in [0.1, 0.15) is 35.2 Å². The van der Waals surface area contributed by atoms with Crippen molar-refractivity contribution in [3.05, 3.63) is 59.9 Å². The summed E-state index contributed by atoms with van der Waals surface area (Å²) in [5, 5.41) is 3.16. The molecule has 0 bridgehead atoms. The molecule has 1 amide bonds. The van der Waals surface area contributed by atoms with E-state index in [0.29, 0.717) is 17.9 Å². The van der Waals surface area contributed by atoms with Crippen LogP contribution in [0.4, 0.5) is 0 Å². The number of nitrogens with zero attached hydrogens (tertiary/aromatic N) is 2. The Bertz CT molecular complexity index is 731. The maximum absolute atomic E-state index is 12.5. The van der Waals surface area contributed by atoms with Crippen LogP contribution >= 0.6 is 0 Å². The van der Waals surface area contributed by atoms with E-state index in [1.165, 1.54) is 12.8 Å². The maximum atomic E-state index is 12.5. The average molecular weight is 337 g/mol. The molecule has 1 aliphatic heterocycles. The molecule has 0 radical (unpaired) electrons. The number of hydrogen-bond donors (Lipinski definition) is 1. The van der Waals surface area contributed by atoms with Gasteiger partial charge in [0.25, 0.3) is 5.91 Å². The molecule has 4 rings (SSSR count). The normalized spacial score (nSPS) is 20.4. The zero-order chi connectivity index (χ0) is 17.1. The molecule has 1 N–H and O–H groups in total. The molecular formula is C20H23N3O2. The Morgan fingerprint density at radius 3 is 2.96 bits per heavy atom. The van der Waals surface area contributed by atoms with Crippen LogP contribution in [0.2, 0.25) is 0 Å². The summed E-state index contributed by atoms with van der Waals surface area (Å²) in [6.07, 6.45) is 7.19. The molecule has 5 nitrogen and oxygen atoms in total. The lowest BCUT2D eigenvalue weighted by Crippen LogP contribution is -2.37. The predicted molar refractivity (Wildman–Crippen MR) is 95.5 cm³/mol. The highest BCUT2D eigenvalue weighted by molar-refractivity contribution is 5.94. The number of carbonyl (C=O) groups excluding carboxylic acids is 1. The lowest BCUT2D eigenvalue weighted by Gasteiger charge is -2.16. The van der Waals surface area contributed by atoms with Gasteiger partial charge in [-0.25, -0.2) is 0 Å². The van der Waals surface area contributed by atoms with Gasteiger partial charge in [-0.2, -0.15) is 0 Å². The molecule has 2 fully saturated rings. The van der Waals surface area contributed by atoms with Gasteiger partial charge >= 0.3 is 0 Å². The summed E-state index contributed by atoms with van der Waals surface area (Å²) in [4.78, 5) is 19.1. The first-order chi connectivity index (χ1) is 12.3. The van der Waals surface area contributed by atoms with Crippen molar-refractivity contribution < 1.29 is 9.53 Å². The van der Waals surface area contributed by atoms with Crippen molar-refractivity contribution in [3.8, 4) is 5.75 Å². The standard InChI is InChI=1S/C20H23N3O2/c24-20(22-17-8-10-23(13-17)18-6-7-18)16-4-1-5-19(11-16)25-14-15-3-2-9-21-12-15/h1-5,9,11-12,17-18H,6-8,10,13-14H2,(H,22,24)/t17-/m0/s1. The van der Waals surface area contributed by atoms with Gasteiger partial charge < -0.3 is 10.1 Å². The van der Waals surface area contributed by atoms with Crippen molar-refractivity contribution in [3.63, 3.8) is 0 Å². The van der Waals surface area contributed by atoms with Gasteiger partial charge in [0, 0.05) is 48.7 Å². The van der Waals surface area contributed by atoms with Crippen LogP contribution in [0.25, 0.3) is 0 Å². The lowest BCUT2D eigenvalue weighted by atomic mass is 10.1. The third kappa shape index (κ3) is 4.17. The van der Waals surface area contributed by atoms with Crippen LogP contribution in [0.5, 0.6) is 5.75 Å². The first-order valence-corrected chi connectivity index (χ1v) is 8.94. The van der Waals surface area contributed by atoms with E-state index in [2.05, 4.69) is 15.2 Å². The Labute approximate surface area is 148 Å². The molecule has 5 heteroatoms. The van der Waals surface area contributed by atoms with Crippen LogP contribution in [-0.4, -0.2) is 41.0 Å². The monoisotopic (exact) mass is 337 g/mol. The summed E-state index contributed by atoms with van der Waals surface area (Å²) >= 11 is 0. The van der Waals surface area contributed by atoms with E-state index in [9.17, 15) is 4.79 Å². The fourth-order valence-electron chi connectivity index (χ4n) is 3.32. The minimum atomic E-state index is -0.0190. The summed E-state index contributed by atoms with van der Waals surface area (Å²) < 4.78 is 5.78. The molecule has 2 aromatic rings. The van der Waals surface area contributed by atoms with Crippen LogP contribution in [0.15, 0.2) is 48.8 Å². The fraction of sp³-hybridized carbons (Fsp3) is 0.400. The highest BCUT2D eigenvalue weighted by Crippen LogP contribution is 2.29. The fourth-order valence-corrected chi connectivity index (χ4v) is 3.32. The molecule has 2 aliphatic rings. The Morgan fingerprint density at radius 2 is 2.16 bits per heavy atom. The Balaban J connectivity index is 1.33. The molecule has 2 heterocycles. The van der Waals surface area contributed by atoms with Crippen molar-refractivity contribution in [1.82, 2.24) is 15.2 Å². The van der Waals surface area contributed by atoms with E-state index in [4.69, 9.17) is 4.74 Å². The smallest absolute Gasteiger partial charge is 0.251 e. The van der Waals surface area contributed by atoms with Crippen molar-refractivity contribution in [1.29, 1.82) is 0 Å². The molecule has 1 atom stereocenters. The Kier molecular flexibility index (Phi) is 4.65. The van der Waals surface area contributed by atoms with Gasteiger partial charge in [-0.1, -0.05) is 12.1 Å². The van der Waals surface area contributed by atoms with Gasteiger partial charge in [0.15, 0.2) is 0 Å². The van der Waals surface area contributed by atoms with Crippen molar-refractivity contribution >= 4 is 5.91 Å². The van der Waals surface area contributed by atoms with E-state index >= 15 is 0 Å². The van der Waals surface area contributed by atoms with Gasteiger partial charge in [-0.3, -0.25) is 14.7 Å². The second-order valence-corrected chi connectivity index (χ2v) is 6.86. The predicted octanol–water partition coefficient (Wildman–Crippen LogP) is 2.63. The van der Waals surface area contributed by atoms with Crippen LogP contribution in [0.3, 0.4) is 0 Å². The number of rotatable bonds is 6. The molecule has 1 aromatic heterocycles. The average Bonchev–Trinajstić information content (AvgIpc) is 3.41. The van der Waals surface area contributed by atoms with Gasteiger partial charge in [-0.15, -0.1) is 0 Å². The van der Waals surface area contributed by atoms with Gasteiger partial charge in [0.1, 0.15) is 12.4 Å². The number of aromatic nitrogens is 1. The first kappa shape index (κ1) is 16.1. The minimum Gasteiger partial charge on any atom is -0.489 e. The van der Waals surface area contributed by atoms with Gasteiger partial charge in [-0.05, 0) is 43.5 Å². The second kappa shape index (κ2) is 7.23. The lowest BCUT2D eigenvalue weighted by molar-refractivity contribution is 0.0937. The molecular weight excluding hydrogens is 314 g/mol. The summed E-state index contributed by atoms with van der Waals surface area (Å²) in [7, 11) is 0. The van der Waals surface area contributed by atoms with Crippen molar-refractivity contribution in [2.24, 2.45) is 0 Å². The van der Waals surface area contributed by atoms with Crippen LogP contribution in [0, 0.1) is 0 Å². The molecule has 130 valence electrons. The Morgan fingerprint density at radius 1 is 1.24 bits per heavy atom.